The van der Waals surface area contributed by atoms with E-state index >= 15 is 0 Å². The van der Waals surface area contributed by atoms with Gasteiger partial charge in [-0.1, -0.05) is 42.5 Å². The summed E-state index contributed by atoms with van der Waals surface area (Å²) >= 11 is 0. The number of hydrogen-bond donors (Lipinski definition) is 4. The minimum atomic E-state index is -5.08. The van der Waals surface area contributed by atoms with E-state index in [4.69, 9.17) is 15.6 Å². The summed E-state index contributed by atoms with van der Waals surface area (Å²) in [6, 6.07) is 12.8. The third kappa shape index (κ3) is 10.8. The summed E-state index contributed by atoms with van der Waals surface area (Å²) in [5.74, 6) is -4.95. The molecule has 1 aliphatic rings. The summed E-state index contributed by atoms with van der Waals surface area (Å²) in [6.45, 7) is 1.50. The van der Waals surface area contributed by atoms with Crippen molar-refractivity contribution in [2.24, 2.45) is 5.73 Å². The highest BCUT2D eigenvalue weighted by Crippen LogP contribution is 2.24. The first kappa shape index (κ1) is 36.5. The number of carboxylic acid groups (broad SMARTS) is 2. The smallest absolute Gasteiger partial charge is 0.480 e. The predicted molar refractivity (Wildman–Crippen MR) is 163 cm³/mol. The molecule has 3 aromatic rings. The minimum absolute atomic E-state index is 0.00213. The second kappa shape index (κ2) is 16.5. The van der Waals surface area contributed by atoms with E-state index in [0.717, 1.165) is 34.9 Å². The van der Waals surface area contributed by atoms with Crippen LogP contribution in [-0.2, 0) is 36.9 Å². The number of nitrogens with two attached hydrogens (primary N) is 1. The van der Waals surface area contributed by atoms with E-state index in [0.29, 0.717) is 19.6 Å². The summed E-state index contributed by atoms with van der Waals surface area (Å²) in [4.78, 5) is 70.6. The van der Waals surface area contributed by atoms with Crippen molar-refractivity contribution in [3.05, 3.63) is 66.2 Å². The van der Waals surface area contributed by atoms with E-state index in [2.05, 4.69) is 9.97 Å². The van der Waals surface area contributed by atoms with Gasteiger partial charge in [0.25, 0.3) is 0 Å². The number of alkyl halides is 3. The molecular weight excluding hydrogens is 625 g/mol. The van der Waals surface area contributed by atoms with E-state index in [1.807, 2.05) is 52.3 Å². The topological polar surface area (TPSA) is 190 Å². The Morgan fingerprint density at radius 2 is 1.79 bits per heavy atom. The molecule has 1 aliphatic heterocycles. The molecule has 3 amide bonds. The highest BCUT2D eigenvalue weighted by atomic mass is 19.4. The van der Waals surface area contributed by atoms with E-state index in [1.54, 1.807) is 12.5 Å². The lowest BCUT2D eigenvalue weighted by molar-refractivity contribution is -0.192. The number of benzene rings is 2. The number of rotatable bonds is 13. The molecule has 47 heavy (non-hydrogen) atoms. The van der Waals surface area contributed by atoms with Gasteiger partial charge >= 0.3 is 18.1 Å². The SMILES string of the molecule is CN(C(=O)CN(Cc1cccc2ccccc12)C[C@@H]1CCCN1C(=O)Cc1cnc[nH]1)[C@@H](CCC(N)=O)C(=O)O.O=C(O)C(F)(F)F. The molecule has 2 heterocycles. The van der Waals surface area contributed by atoms with Crippen LogP contribution in [-0.4, -0.2) is 109 Å². The van der Waals surface area contributed by atoms with Gasteiger partial charge in [-0.2, -0.15) is 13.2 Å². The highest BCUT2D eigenvalue weighted by molar-refractivity contribution is 5.87. The lowest BCUT2D eigenvalue weighted by atomic mass is 10.0. The second-order valence-electron chi connectivity index (χ2n) is 11.1. The van der Waals surface area contributed by atoms with Crippen molar-refractivity contribution in [3.63, 3.8) is 0 Å². The van der Waals surface area contributed by atoms with Crippen LogP contribution in [0.25, 0.3) is 10.8 Å². The Kier molecular flexibility index (Phi) is 12.8. The highest BCUT2D eigenvalue weighted by Gasteiger charge is 2.38. The molecule has 0 spiro atoms. The predicted octanol–water partition coefficient (Wildman–Crippen LogP) is 2.41. The number of carbonyl (C=O) groups excluding carboxylic acids is 3. The molecule has 0 saturated carbocycles. The summed E-state index contributed by atoms with van der Waals surface area (Å²) in [5.41, 5.74) is 7.00. The number of carbonyl (C=O) groups is 5. The normalized spacial score (nSPS) is 15.2. The third-order valence-electron chi connectivity index (χ3n) is 7.75. The van der Waals surface area contributed by atoms with Crippen LogP contribution >= 0.6 is 0 Å². The number of aliphatic carboxylic acids is 2. The van der Waals surface area contributed by atoms with Gasteiger partial charge in [0.1, 0.15) is 6.04 Å². The van der Waals surface area contributed by atoms with Gasteiger partial charge in [-0.25, -0.2) is 14.6 Å². The lowest BCUT2D eigenvalue weighted by Gasteiger charge is -2.33. The number of carboxylic acids is 2. The zero-order valence-corrected chi connectivity index (χ0v) is 25.7. The van der Waals surface area contributed by atoms with Gasteiger partial charge < -0.3 is 30.7 Å². The zero-order chi connectivity index (χ0) is 34.7. The molecule has 0 aliphatic carbocycles. The van der Waals surface area contributed by atoms with Gasteiger partial charge in [0.05, 0.1) is 19.3 Å². The number of likely N-dealkylation sites (N-methyl/N-ethyl adjacent to an activating group) is 1. The van der Waals surface area contributed by atoms with Crippen molar-refractivity contribution < 1.29 is 47.4 Å². The quantitative estimate of drug-likeness (QED) is 0.213. The van der Waals surface area contributed by atoms with Crippen LogP contribution in [0.2, 0.25) is 0 Å². The molecule has 0 unspecified atom stereocenters. The average Bonchev–Trinajstić information content (AvgIpc) is 3.69. The number of fused-ring (bicyclic) bond motifs is 1. The van der Waals surface area contributed by atoms with Gasteiger partial charge in [-0.3, -0.25) is 19.3 Å². The van der Waals surface area contributed by atoms with Crippen molar-refractivity contribution >= 4 is 40.4 Å². The molecule has 1 saturated heterocycles. The summed E-state index contributed by atoms with van der Waals surface area (Å²) in [5, 5.41) is 19.0. The number of H-pyrrole nitrogens is 1. The number of hydrogen-bond acceptors (Lipinski definition) is 7. The van der Waals surface area contributed by atoms with Crippen LogP contribution in [0.15, 0.2) is 55.0 Å². The maximum atomic E-state index is 13.4. The van der Waals surface area contributed by atoms with Crippen LogP contribution in [0, 0.1) is 0 Å². The summed E-state index contributed by atoms with van der Waals surface area (Å²) < 4.78 is 31.7. The fourth-order valence-electron chi connectivity index (χ4n) is 5.39. The molecule has 0 bridgehead atoms. The van der Waals surface area contributed by atoms with Gasteiger partial charge in [0.15, 0.2) is 0 Å². The molecule has 13 nitrogen and oxygen atoms in total. The van der Waals surface area contributed by atoms with Crippen LogP contribution < -0.4 is 5.73 Å². The summed E-state index contributed by atoms with van der Waals surface area (Å²) in [6.07, 6.45) is -0.196. The number of nitrogens with zero attached hydrogens (tertiary/aromatic N) is 4. The fourth-order valence-corrected chi connectivity index (χ4v) is 5.39. The van der Waals surface area contributed by atoms with Gasteiger partial charge in [-0.15, -0.1) is 0 Å². The maximum absolute atomic E-state index is 13.4. The first-order chi connectivity index (χ1) is 22.2. The van der Waals surface area contributed by atoms with Crippen LogP contribution in [0.4, 0.5) is 13.2 Å². The number of aromatic amines is 1. The number of amides is 3. The van der Waals surface area contributed by atoms with Gasteiger partial charge in [-0.05, 0) is 35.6 Å². The zero-order valence-electron chi connectivity index (χ0n) is 25.7. The van der Waals surface area contributed by atoms with Crippen molar-refractivity contribution in [1.29, 1.82) is 0 Å². The van der Waals surface area contributed by atoms with Crippen molar-refractivity contribution in [1.82, 2.24) is 24.7 Å². The van der Waals surface area contributed by atoms with E-state index in [-0.39, 0.29) is 43.7 Å². The Bertz CT molecular complexity index is 1540. The number of halogens is 3. The fraction of sp³-hybridized carbons (Fsp3) is 0.419. The van der Waals surface area contributed by atoms with Crippen LogP contribution in [0.1, 0.15) is 36.9 Å². The Hall–Kier alpha value is -4.99. The second-order valence-corrected chi connectivity index (χ2v) is 11.1. The Balaban J connectivity index is 0.000000771. The van der Waals surface area contributed by atoms with Crippen molar-refractivity contribution in [3.8, 4) is 0 Å². The molecule has 1 fully saturated rings. The molecule has 4 rings (SSSR count). The number of likely N-dealkylation sites (tertiary alicyclic amines) is 1. The van der Waals surface area contributed by atoms with E-state index < -0.39 is 30.1 Å². The first-order valence-electron chi connectivity index (χ1n) is 14.7. The number of aromatic nitrogens is 2. The maximum Gasteiger partial charge on any atom is 0.490 e. The monoisotopic (exact) mass is 662 g/mol. The Labute approximate surface area is 268 Å². The molecular formula is C31H37F3N6O7. The Morgan fingerprint density at radius 3 is 2.40 bits per heavy atom. The van der Waals surface area contributed by atoms with Crippen molar-refractivity contribution in [2.45, 2.75) is 56.9 Å². The third-order valence-corrected chi connectivity index (χ3v) is 7.75. The number of primary amides is 1. The van der Waals surface area contributed by atoms with Crippen LogP contribution in [0.5, 0.6) is 0 Å². The largest absolute Gasteiger partial charge is 0.490 e. The first-order valence-corrected chi connectivity index (χ1v) is 14.7. The molecule has 16 heteroatoms. The molecule has 1 aromatic heterocycles. The van der Waals surface area contributed by atoms with E-state index in [9.17, 15) is 37.5 Å². The molecule has 0 radical (unpaired) electrons. The lowest BCUT2D eigenvalue weighted by Crippen LogP contribution is -2.49. The number of nitrogens with one attached hydrogen (secondary N) is 1. The average molecular weight is 663 g/mol. The summed E-state index contributed by atoms with van der Waals surface area (Å²) in [7, 11) is 1.44. The Morgan fingerprint density at radius 1 is 1.11 bits per heavy atom. The van der Waals surface area contributed by atoms with Gasteiger partial charge in [0.2, 0.25) is 17.7 Å². The molecule has 5 N–H and O–H groups in total. The van der Waals surface area contributed by atoms with Crippen molar-refractivity contribution in [2.75, 3.05) is 26.7 Å². The van der Waals surface area contributed by atoms with Gasteiger partial charge in [0, 0.05) is 51.0 Å². The molecule has 2 atom stereocenters. The van der Waals surface area contributed by atoms with E-state index in [1.165, 1.54) is 11.9 Å². The van der Waals surface area contributed by atoms with Crippen LogP contribution in [0.3, 0.4) is 0 Å². The molecule has 254 valence electrons. The minimum Gasteiger partial charge on any atom is -0.480 e. The number of imidazole rings is 1. The molecule has 2 aromatic carbocycles. The standard InChI is InChI=1S/C29H36N6O5.C2HF3O2/c1-33(25(29(39)40)11-12-26(30)36)28(38)18-34(16-21-8-4-7-20-6-2-3-10-24(20)21)17-23-9-5-13-35(23)27(37)14-22-15-31-19-32-22;3-2(4,5)1(6)7/h2-4,6-8,10,15,19,23,25H,5,9,11-14,16-18H2,1H3,(H2,30,36)(H,31,32)(H,39,40);(H,6,7)/t23-,25-;/m0./s1.